The van der Waals surface area contributed by atoms with Crippen molar-refractivity contribution < 1.29 is 47.4 Å². The lowest BCUT2D eigenvalue weighted by molar-refractivity contribution is -0.181. The van der Waals surface area contributed by atoms with Crippen molar-refractivity contribution in [2.75, 3.05) is 39.6 Å². The molecule has 3 aliphatic carbocycles. The molecule has 1 aromatic rings. The molecule has 0 radical (unpaired) electrons. The van der Waals surface area contributed by atoms with Crippen LogP contribution in [0.25, 0.3) is 0 Å². The van der Waals surface area contributed by atoms with Crippen LogP contribution in [0.1, 0.15) is 40.7 Å². The van der Waals surface area contributed by atoms with E-state index in [0.29, 0.717) is 11.3 Å². The van der Waals surface area contributed by atoms with E-state index in [0.717, 1.165) is 0 Å². The number of alkyl halides is 3. The number of phenols is 1. The van der Waals surface area contributed by atoms with Crippen LogP contribution in [-0.2, 0) is 32.1 Å². The lowest BCUT2D eigenvalue weighted by atomic mass is 9.52. The van der Waals surface area contributed by atoms with Crippen LogP contribution in [0.2, 0.25) is 0 Å². The summed E-state index contributed by atoms with van der Waals surface area (Å²) in [6.07, 6.45) is -5.44. The van der Waals surface area contributed by atoms with Crippen molar-refractivity contribution >= 4 is 34.7 Å². The molecule has 6 atom stereocenters. The summed E-state index contributed by atoms with van der Waals surface area (Å²) in [7, 11) is 6.43. The zero-order valence-electron chi connectivity index (χ0n) is 23.7. The SMILES string of the molecule is CN(C)c1cc(CNCCCC(F)(F)F)c(O)c2c1C[C@H]1C[C@H]3[C@H](N(C)C)C(=O)C(C(N)=O)C(=O)[C@@]3(O)C(=O)C1C2=O. The van der Waals surface area contributed by atoms with E-state index >= 15 is 0 Å². The van der Waals surface area contributed by atoms with E-state index in [1.165, 1.54) is 19.0 Å². The fraction of sp³-hybridized carbons (Fsp3) is 0.607. The smallest absolute Gasteiger partial charge is 0.389 e. The standard InChI is InChI=1S/C28H35F3N4O7/c1-34(2)16-10-13(11-33-7-5-6-27(29,30)31)21(36)18-14(16)8-12-9-15-20(35(3)4)23(38)19(26(32)41)25(40)28(15,42)24(39)17(12)22(18)37/h10,12,15,17,19-20,33,36,42H,5-9,11H2,1-4H3,(H2,32,41)/t12-,15-,17?,19?,20-,28-/m0/s1. The maximum absolute atomic E-state index is 14.0. The van der Waals surface area contributed by atoms with E-state index in [9.17, 15) is 47.4 Å². The number of benzene rings is 1. The summed E-state index contributed by atoms with van der Waals surface area (Å²) < 4.78 is 37.5. The zero-order valence-corrected chi connectivity index (χ0v) is 23.7. The fourth-order valence-corrected chi connectivity index (χ4v) is 6.88. The molecule has 5 N–H and O–H groups in total. The average molecular weight is 597 g/mol. The van der Waals surface area contributed by atoms with Gasteiger partial charge in [0, 0.05) is 44.2 Å². The topological polar surface area (TPSA) is 170 Å². The van der Waals surface area contributed by atoms with Gasteiger partial charge in [-0.2, -0.15) is 13.2 Å². The summed E-state index contributed by atoms with van der Waals surface area (Å²) in [6, 6.07) is 0.423. The average Bonchev–Trinajstić information content (AvgIpc) is 2.85. The third-order valence-electron chi connectivity index (χ3n) is 8.73. The highest BCUT2D eigenvalue weighted by Crippen LogP contribution is 2.52. The van der Waals surface area contributed by atoms with Gasteiger partial charge in [-0.1, -0.05) is 0 Å². The number of carbonyl (C=O) groups is 5. The molecule has 0 spiro atoms. The Hall–Kier alpha value is -3.36. The molecule has 0 aromatic heterocycles. The maximum Gasteiger partial charge on any atom is 0.389 e. The second-order valence-electron chi connectivity index (χ2n) is 11.8. The molecular weight excluding hydrogens is 561 g/mol. The van der Waals surface area contributed by atoms with E-state index < -0.39 is 82.7 Å². The van der Waals surface area contributed by atoms with Crippen LogP contribution in [0, 0.1) is 23.7 Å². The van der Waals surface area contributed by atoms with Crippen LogP contribution in [0.3, 0.4) is 0 Å². The number of fused-ring (bicyclic) bond motifs is 3. The molecule has 230 valence electrons. The van der Waals surface area contributed by atoms with Gasteiger partial charge in [0.05, 0.1) is 17.5 Å². The molecular formula is C28H35F3N4O7. The van der Waals surface area contributed by atoms with Crippen molar-refractivity contribution in [3.63, 3.8) is 0 Å². The Bertz CT molecular complexity index is 1350. The number of hydrogen-bond acceptors (Lipinski definition) is 10. The number of aliphatic hydroxyl groups is 1. The second-order valence-corrected chi connectivity index (χ2v) is 11.8. The Labute approximate surface area is 240 Å². The second kappa shape index (κ2) is 11.0. The van der Waals surface area contributed by atoms with Gasteiger partial charge in [-0.3, -0.25) is 28.9 Å². The highest BCUT2D eigenvalue weighted by Gasteiger charge is 2.69. The van der Waals surface area contributed by atoms with Crippen molar-refractivity contribution in [1.82, 2.24) is 10.2 Å². The van der Waals surface area contributed by atoms with E-state index in [4.69, 9.17) is 5.73 Å². The first-order valence-electron chi connectivity index (χ1n) is 13.6. The molecule has 1 aromatic carbocycles. The third-order valence-corrected chi connectivity index (χ3v) is 8.73. The molecule has 0 heterocycles. The predicted molar refractivity (Wildman–Crippen MR) is 143 cm³/mol. The van der Waals surface area contributed by atoms with Crippen LogP contribution in [0.4, 0.5) is 18.9 Å². The number of nitrogens with one attached hydrogen (secondary N) is 1. The van der Waals surface area contributed by atoms with E-state index in [-0.39, 0.29) is 43.5 Å². The molecule has 11 nitrogen and oxygen atoms in total. The molecule has 0 bridgehead atoms. The first-order valence-corrected chi connectivity index (χ1v) is 13.6. The molecule has 3 aliphatic rings. The molecule has 2 fully saturated rings. The largest absolute Gasteiger partial charge is 0.507 e. The Kier molecular flexibility index (Phi) is 8.30. The van der Waals surface area contributed by atoms with Gasteiger partial charge in [-0.25, -0.2) is 0 Å². The number of primary amides is 1. The van der Waals surface area contributed by atoms with Crippen molar-refractivity contribution in [2.24, 2.45) is 29.4 Å². The summed E-state index contributed by atoms with van der Waals surface area (Å²) >= 11 is 0. The number of phenolic OH excluding ortho intramolecular Hbond substituents is 1. The number of halogens is 3. The number of rotatable bonds is 8. The summed E-state index contributed by atoms with van der Waals surface area (Å²) in [6.45, 7) is -0.0711. The van der Waals surface area contributed by atoms with Crippen molar-refractivity contribution in [3.8, 4) is 5.75 Å². The molecule has 1 amide bonds. The first-order chi connectivity index (χ1) is 19.4. The quantitative estimate of drug-likeness (QED) is 0.243. The molecule has 2 saturated carbocycles. The maximum atomic E-state index is 14.0. The number of Topliss-reactive ketones (excluding diaryl/α,β-unsaturated/α-hetero) is 4. The number of nitrogens with two attached hydrogens (primary N) is 1. The number of anilines is 1. The van der Waals surface area contributed by atoms with Gasteiger partial charge in [0.1, 0.15) is 5.75 Å². The van der Waals surface area contributed by atoms with E-state index in [2.05, 4.69) is 5.32 Å². The number of carbonyl (C=O) groups excluding carboxylic acids is 5. The minimum atomic E-state index is -4.30. The highest BCUT2D eigenvalue weighted by molar-refractivity contribution is 6.32. The fourth-order valence-electron chi connectivity index (χ4n) is 6.88. The molecule has 14 heteroatoms. The first kappa shape index (κ1) is 31.6. The molecule has 4 rings (SSSR count). The van der Waals surface area contributed by atoms with Crippen LogP contribution in [0.5, 0.6) is 5.75 Å². The van der Waals surface area contributed by atoms with Gasteiger partial charge in [-0.05, 0) is 57.5 Å². The monoisotopic (exact) mass is 596 g/mol. The summed E-state index contributed by atoms with van der Waals surface area (Å²) in [4.78, 5) is 69.7. The van der Waals surface area contributed by atoms with Crippen LogP contribution >= 0.6 is 0 Å². The van der Waals surface area contributed by atoms with Crippen molar-refractivity contribution in [1.29, 1.82) is 0 Å². The van der Waals surface area contributed by atoms with Crippen molar-refractivity contribution in [3.05, 3.63) is 22.8 Å². The number of likely N-dealkylation sites (N-methyl/N-ethyl adjacent to an activating group) is 1. The number of amides is 1. The highest BCUT2D eigenvalue weighted by atomic mass is 19.4. The molecule has 0 aliphatic heterocycles. The molecule has 0 saturated heterocycles. The van der Waals surface area contributed by atoms with Crippen LogP contribution < -0.4 is 16.0 Å². The van der Waals surface area contributed by atoms with Gasteiger partial charge in [0.2, 0.25) is 5.91 Å². The summed E-state index contributed by atoms with van der Waals surface area (Å²) in [5.74, 6) is -11.4. The Morgan fingerprint density at radius 3 is 2.33 bits per heavy atom. The van der Waals surface area contributed by atoms with E-state index in [1.54, 1.807) is 25.1 Å². The predicted octanol–water partition coefficient (Wildman–Crippen LogP) is 0.365. The number of ketones is 4. The lowest BCUT2D eigenvalue weighted by Crippen LogP contribution is -2.74. The van der Waals surface area contributed by atoms with Gasteiger partial charge in [0.15, 0.2) is 34.7 Å². The third kappa shape index (κ3) is 5.09. The lowest BCUT2D eigenvalue weighted by Gasteiger charge is -2.52. The van der Waals surface area contributed by atoms with Crippen molar-refractivity contribution in [2.45, 2.75) is 50.0 Å². The Balaban J connectivity index is 1.74. The molecule has 2 unspecified atom stereocenters. The minimum Gasteiger partial charge on any atom is -0.507 e. The van der Waals surface area contributed by atoms with Gasteiger partial charge < -0.3 is 26.2 Å². The molecule has 42 heavy (non-hydrogen) atoms. The number of hydrogen-bond donors (Lipinski definition) is 4. The summed E-state index contributed by atoms with van der Waals surface area (Å²) in [5.41, 5.74) is 3.54. The normalized spacial score (nSPS) is 29.3. The van der Waals surface area contributed by atoms with Gasteiger partial charge >= 0.3 is 6.18 Å². The van der Waals surface area contributed by atoms with Gasteiger partial charge in [-0.15, -0.1) is 0 Å². The number of nitrogens with zero attached hydrogens (tertiary/aromatic N) is 2. The Morgan fingerprint density at radius 2 is 1.79 bits per heavy atom. The Morgan fingerprint density at radius 1 is 1.14 bits per heavy atom. The summed E-state index contributed by atoms with van der Waals surface area (Å²) in [5, 5.41) is 25.7. The minimum absolute atomic E-state index is 0.00616. The van der Waals surface area contributed by atoms with Gasteiger partial charge in [0.25, 0.3) is 0 Å². The van der Waals surface area contributed by atoms with Crippen LogP contribution in [-0.4, -0.2) is 96.7 Å². The number of aromatic hydroxyl groups is 1. The van der Waals surface area contributed by atoms with Crippen LogP contribution in [0.15, 0.2) is 6.07 Å². The van der Waals surface area contributed by atoms with E-state index in [1.807, 2.05) is 0 Å². The zero-order chi connectivity index (χ0) is 31.5.